The van der Waals surface area contributed by atoms with E-state index in [4.69, 9.17) is 25.9 Å². The van der Waals surface area contributed by atoms with Crippen molar-refractivity contribution in [1.29, 1.82) is 0 Å². The average molecular weight is 931 g/mol. The van der Waals surface area contributed by atoms with Gasteiger partial charge in [-0.3, -0.25) is 14.6 Å². The summed E-state index contributed by atoms with van der Waals surface area (Å²) >= 11 is 0. The molecule has 6 atom stereocenters. The molecule has 6 bridgehead atoms. The van der Waals surface area contributed by atoms with Crippen LogP contribution in [0, 0.1) is 22.7 Å². The number of aliphatic imine (C=N–C) groups is 1. The molecule has 5 heterocycles. The van der Waals surface area contributed by atoms with Crippen LogP contribution in [0.25, 0.3) is 0 Å². The normalized spacial score (nSPS) is 33.5. The average Bonchev–Trinajstić information content (AvgIpc) is 4.05. The Kier molecular flexibility index (Phi) is 14.4. The monoisotopic (exact) mass is 931 g/mol. The second-order valence-corrected chi connectivity index (χ2v) is 24.1. The second kappa shape index (κ2) is 20.1. The number of aryl methyl sites for hydroxylation is 1. The number of aliphatic hydroxyl groups is 1. The number of benzene rings is 1. The van der Waals surface area contributed by atoms with E-state index >= 15 is 0 Å². The van der Waals surface area contributed by atoms with Gasteiger partial charge in [0.1, 0.15) is 22.9 Å². The molecule has 10 rings (SSSR count). The van der Waals surface area contributed by atoms with Crippen molar-refractivity contribution in [2.75, 3.05) is 18.8 Å². The molecule has 4 saturated carbocycles. The molecule has 12 nitrogen and oxygen atoms in total. The van der Waals surface area contributed by atoms with Gasteiger partial charge in [0.25, 0.3) is 0 Å². The number of phenols is 1. The Morgan fingerprint density at radius 2 is 1.75 bits per heavy atom. The van der Waals surface area contributed by atoms with Crippen molar-refractivity contribution in [1.82, 2.24) is 15.2 Å². The summed E-state index contributed by atoms with van der Waals surface area (Å²) in [4.78, 5) is 37.9. The van der Waals surface area contributed by atoms with Crippen LogP contribution in [-0.4, -0.2) is 79.5 Å². The minimum absolute atomic E-state index is 0.0340. The highest BCUT2D eigenvalue weighted by atomic mass is 33.1. The Morgan fingerprint density at radius 3 is 2.55 bits per heavy atom. The highest BCUT2D eigenvalue weighted by Crippen LogP contribution is 2.64. The Morgan fingerprint density at radius 1 is 0.954 bits per heavy atom. The van der Waals surface area contributed by atoms with Crippen LogP contribution in [0.15, 0.2) is 29.4 Å². The zero-order valence-electron chi connectivity index (χ0n) is 38.7. The minimum Gasteiger partial charge on any atom is -0.504 e. The zero-order chi connectivity index (χ0) is 45.2. The Bertz CT molecular complexity index is 2050. The van der Waals surface area contributed by atoms with E-state index in [1.54, 1.807) is 6.20 Å². The number of rotatable bonds is 3. The maximum Gasteiger partial charge on any atom is 0.302 e. The van der Waals surface area contributed by atoms with E-state index in [9.17, 15) is 19.8 Å². The predicted octanol–water partition coefficient (Wildman–Crippen LogP) is 8.91. The van der Waals surface area contributed by atoms with Crippen molar-refractivity contribution in [3.63, 3.8) is 0 Å². The van der Waals surface area contributed by atoms with E-state index in [2.05, 4.69) is 27.2 Å². The number of guanidine groups is 1. The number of aliphatic hydroxyl groups excluding tert-OH is 1. The van der Waals surface area contributed by atoms with E-state index in [1.807, 2.05) is 27.8 Å². The first-order valence-corrected chi connectivity index (χ1v) is 27.4. The summed E-state index contributed by atoms with van der Waals surface area (Å²) in [6.45, 7) is 2.66. The Balaban J connectivity index is 1.04. The molecule has 1 aromatic carbocycles. The molecule has 14 heteroatoms. The number of hydrogen-bond acceptors (Lipinski definition) is 13. The second-order valence-electron chi connectivity index (χ2n) is 21.3. The molecular formula is C51H74N6O6S2. The van der Waals surface area contributed by atoms with Crippen LogP contribution in [0.5, 0.6) is 11.5 Å². The van der Waals surface area contributed by atoms with Crippen molar-refractivity contribution >= 4 is 45.2 Å². The first-order chi connectivity index (χ1) is 31.4. The van der Waals surface area contributed by atoms with Crippen LogP contribution < -0.4 is 21.5 Å². The van der Waals surface area contributed by atoms with Crippen LogP contribution >= 0.6 is 21.6 Å². The maximum absolute atomic E-state index is 14.3. The molecule has 4 aliphatic carbocycles. The number of phenolic OH excluding ortho intramolecular Hbond substituents is 1. The lowest BCUT2D eigenvalue weighted by Crippen LogP contribution is -2.55. The van der Waals surface area contributed by atoms with Crippen LogP contribution in [0.2, 0.25) is 0 Å². The summed E-state index contributed by atoms with van der Waals surface area (Å²) in [6, 6.07) is 5.96. The largest absolute Gasteiger partial charge is 0.504 e. The van der Waals surface area contributed by atoms with Crippen molar-refractivity contribution in [2.45, 2.75) is 196 Å². The van der Waals surface area contributed by atoms with E-state index in [0.29, 0.717) is 98.2 Å². The number of carbonyl (C=O) groups excluding carboxylic acids is 2. The van der Waals surface area contributed by atoms with E-state index < -0.39 is 17.6 Å². The van der Waals surface area contributed by atoms with E-state index in [-0.39, 0.29) is 40.6 Å². The lowest BCUT2D eigenvalue weighted by molar-refractivity contribution is -0.148. The Labute approximate surface area is 394 Å². The number of nitrogens with two attached hydrogens (primary N) is 2. The zero-order valence-corrected chi connectivity index (χ0v) is 40.3. The molecule has 0 radical (unpaired) electrons. The molecule has 356 valence electrons. The van der Waals surface area contributed by atoms with Gasteiger partial charge in [-0.1, -0.05) is 34.4 Å². The van der Waals surface area contributed by atoms with Gasteiger partial charge in [-0.2, -0.15) is 0 Å². The number of nitrogen functional groups attached to an aromatic ring is 1. The smallest absolute Gasteiger partial charge is 0.302 e. The van der Waals surface area contributed by atoms with Crippen LogP contribution in [-0.2, 0) is 40.1 Å². The summed E-state index contributed by atoms with van der Waals surface area (Å²) in [6.07, 6.45) is 23.7. The molecule has 8 aliphatic rings. The number of nitrogens with zero attached hydrogens (tertiary/aromatic N) is 3. The van der Waals surface area contributed by atoms with Gasteiger partial charge in [-0.05, 0) is 170 Å². The molecule has 2 spiro atoms. The molecule has 7 N–H and O–H groups in total. The van der Waals surface area contributed by atoms with Crippen molar-refractivity contribution in [3.05, 3.63) is 46.6 Å². The number of amides is 1. The van der Waals surface area contributed by atoms with Gasteiger partial charge in [-0.15, -0.1) is 0 Å². The number of carbonyl (C=O) groups is 2. The van der Waals surface area contributed by atoms with Crippen molar-refractivity contribution in [2.24, 2.45) is 33.4 Å². The summed E-state index contributed by atoms with van der Waals surface area (Å²) in [5, 5.41) is 28.1. The number of hydrogen-bond donors (Lipinski definition) is 5. The fraction of sp³-hybridized carbons (Fsp3) is 0.725. The number of esters is 1. The lowest BCUT2D eigenvalue weighted by atomic mass is 9.78. The lowest BCUT2D eigenvalue weighted by Gasteiger charge is -2.45. The number of aromatic nitrogens is 1. The maximum atomic E-state index is 14.3. The third-order valence-corrected chi connectivity index (χ3v) is 20.7. The molecule has 5 fully saturated rings. The van der Waals surface area contributed by atoms with Gasteiger partial charge in [0.05, 0.1) is 6.10 Å². The fourth-order valence-corrected chi connectivity index (χ4v) is 17.4. The molecule has 6 unspecified atom stereocenters. The highest BCUT2D eigenvalue weighted by molar-refractivity contribution is 8.77. The molecule has 1 amide bonds. The predicted molar refractivity (Wildman–Crippen MR) is 259 cm³/mol. The van der Waals surface area contributed by atoms with Gasteiger partial charge >= 0.3 is 5.97 Å². The number of anilines is 1. The summed E-state index contributed by atoms with van der Waals surface area (Å²) in [5.74, 6) is 2.34. The molecule has 1 saturated heterocycles. The standard InChI is InChI=1S/C51H74N6O6S2/c1-33(58)62-40-14-11-37-27-38(46(61)47-42(37)17-12-36-6-4-7-43(36)63-47)31-57-32-49(30-45(57)60,29-35-18-24-54-44(52)26-35)23-25-55-48(53)56-51(22-5-21-50(51)19-2-3-20-50)65-64-41-15-9-34(10-16-41)8-13-39(59)28-40/h18,24,26-27,34,36,39-41,43,59,61H,2-17,19-23,25,28-32H2,1H3,(H2,52,54)(H3,53,55,56). The van der Waals surface area contributed by atoms with Crippen LogP contribution in [0.3, 0.4) is 0 Å². The minimum atomic E-state index is -0.566. The molecule has 65 heavy (non-hydrogen) atoms. The summed E-state index contributed by atoms with van der Waals surface area (Å²) in [5.41, 5.74) is 16.7. The van der Waals surface area contributed by atoms with Gasteiger partial charge in [-0.25, -0.2) is 4.98 Å². The Hall–Kier alpha value is -3.36. The first kappa shape index (κ1) is 46.7. The molecular weight excluding hydrogens is 857 g/mol. The first-order valence-electron chi connectivity index (χ1n) is 25.2. The third kappa shape index (κ3) is 10.5. The molecule has 1 aromatic heterocycles. The van der Waals surface area contributed by atoms with E-state index in [1.165, 1.54) is 71.1 Å². The molecule has 4 aliphatic heterocycles. The van der Waals surface area contributed by atoms with Crippen molar-refractivity contribution in [3.8, 4) is 11.5 Å². The summed E-state index contributed by atoms with van der Waals surface area (Å²) in [7, 11) is 4.11. The van der Waals surface area contributed by atoms with Crippen molar-refractivity contribution < 1.29 is 29.3 Å². The quantitative estimate of drug-likeness (QED) is 0.146. The third-order valence-electron chi connectivity index (χ3n) is 16.8. The number of nitrogens with one attached hydrogen (secondary N) is 1. The highest BCUT2D eigenvalue weighted by Gasteiger charge is 2.57. The topological polar surface area (TPSA) is 186 Å². The number of aromatic hydroxyl groups is 1. The van der Waals surface area contributed by atoms with Gasteiger partial charge in [0, 0.05) is 72.8 Å². The van der Waals surface area contributed by atoms with Gasteiger partial charge in [0.2, 0.25) is 5.91 Å². The molecule has 2 aromatic rings. The number of ether oxygens (including phenoxy) is 2. The summed E-state index contributed by atoms with van der Waals surface area (Å²) < 4.78 is 12.7. The number of fused-ring (bicyclic) bond motifs is 14. The SMILES string of the molecule is CC(=O)OC1CCc2cc(c(O)c3c2CCC2CCCC2O3)CN2CC(Cc3ccnc(N)c3)(CCN=C(N)NC3(CCCC34CCCC4)SSC3CCC(CCC(O)C1)CC3)CC2=O. The van der Waals surface area contributed by atoms with Crippen LogP contribution in [0.1, 0.15) is 164 Å². The van der Waals surface area contributed by atoms with Gasteiger partial charge < -0.3 is 41.4 Å². The van der Waals surface area contributed by atoms with E-state index in [0.717, 1.165) is 61.6 Å². The number of pyridine rings is 1. The van der Waals surface area contributed by atoms with Crippen LogP contribution in [0.4, 0.5) is 5.82 Å². The fourth-order valence-electron chi connectivity index (χ4n) is 13.4. The van der Waals surface area contributed by atoms with Gasteiger partial charge in [0.15, 0.2) is 17.5 Å².